The maximum atomic E-state index is 13.9. The summed E-state index contributed by atoms with van der Waals surface area (Å²) >= 11 is 1.50. The zero-order valence-electron chi connectivity index (χ0n) is 25.7. The van der Waals surface area contributed by atoms with Gasteiger partial charge in [0, 0.05) is 56.8 Å². The Bertz CT molecular complexity index is 2230. The van der Waals surface area contributed by atoms with E-state index in [4.69, 9.17) is 10.5 Å². The van der Waals surface area contributed by atoms with Crippen LogP contribution in [0, 0.1) is 12.8 Å². The fourth-order valence-electron chi connectivity index (χ4n) is 7.56. The number of anilines is 1. The molecule has 0 radical (unpaired) electrons. The van der Waals surface area contributed by atoms with Crippen molar-refractivity contribution in [3.63, 3.8) is 0 Å². The van der Waals surface area contributed by atoms with Crippen molar-refractivity contribution in [3.05, 3.63) is 93.1 Å². The van der Waals surface area contributed by atoms with Gasteiger partial charge in [-0.3, -0.25) is 14.4 Å². The molecule has 3 aliphatic rings. The minimum Gasteiger partial charge on any atom is -0.410 e. The molecule has 2 fully saturated rings. The van der Waals surface area contributed by atoms with Crippen LogP contribution < -0.4 is 15.8 Å². The number of benzene rings is 2. The third-order valence-corrected chi connectivity index (χ3v) is 10.5. The van der Waals surface area contributed by atoms with Crippen LogP contribution in [-0.4, -0.2) is 44.7 Å². The van der Waals surface area contributed by atoms with E-state index < -0.39 is 11.6 Å². The smallest absolute Gasteiger partial charge is 0.409 e. The maximum absolute atomic E-state index is 13.9. The van der Waals surface area contributed by atoms with Crippen molar-refractivity contribution in [3.8, 4) is 5.75 Å². The van der Waals surface area contributed by atoms with Crippen molar-refractivity contribution in [2.75, 3.05) is 11.9 Å². The SMILES string of the molecule is Cc1csc2c1[C@]13C[C@H]1CN(C(=O)c1cc4cc(NC(=O)c5cc6cc(OC(N)=O)ccc6n5C(C)(C)C)ccc4[nH]1)C3=CC2=O. The second-order valence-electron chi connectivity index (χ2n) is 13.4. The number of amides is 3. The Kier molecular flexibility index (Phi) is 5.81. The van der Waals surface area contributed by atoms with Gasteiger partial charge in [0.25, 0.3) is 11.8 Å². The number of carbonyl (C=O) groups excluding carboxylic acids is 4. The lowest BCUT2D eigenvalue weighted by molar-refractivity contribution is 0.0806. The van der Waals surface area contributed by atoms with Crippen LogP contribution in [0.15, 0.2) is 65.7 Å². The number of nitrogens with two attached hydrogens (primary N) is 1. The highest BCUT2D eigenvalue weighted by Gasteiger charge is 2.68. The molecule has 1 saturated carbocycles. The summed E-state index contributed by atoms with van der Waals surface area (Å²) in [4.78, 5) is 57.6. The number of nitrogens with one attached hydrogen (secondary N) is 2. The van der Waals surface area contributed by atoms with Crippen LogP contribution in [0.5, 0.6) is 5.75 Å². The second kappa shape index (κ2) is 9.43. The van der Waals surface area contributed by atoms with Crippen molar-refractivity contribution in [2.24, 2.45) is 11.7 Å². The quantitative estimate of drug-likeness (QED) is 0.209. The van der Waals surface area contributed by atoms with E-state index in [9.17, 15) is 19.2 Å². The number of fused-ring (bicyclic) bond motifs is 3. The molecule has 0 bridgehead atoms. The maximum Gasteiger partial charge on any atom is 0.409 e. The summed E-state index contributed by atoms with van der Waals surface area (Å²) in [5.74, 6) is 0.104. The van der Waals surface area contributed by atoms with Crippen LogP contribution in [-0.2, 0) is 11.0 Å². The van der Waals surface area contributed by atoms with E-state index in [1.165, 1.54) is 11.3 Å². The van der Waals surface area contributed by atoms with E-state index in [2.05, 4.69) is 10.3 Å². The number of ketones is 1. The lowest BCUT2D eigenvalue weighted by Gasteiger charge is -2.28. The molecule has 3 aromatic heterocycles. The number of H-pyrrole nitrogens is 1. The molecule has 2 atom stereocenters. The highest BCUT2D eigenvalue weighted by molar-refractivity contribution is 7.12. The first kappa shape index (κ1) is 28.3. The van der Waals surface area contributed by atoms with Crippen molar-refractivity contribution >= 4 is 62.5 Å². The zero-order valence-corrected chi connectivity index (χ0v) is 26.5. The number of ether oxygens (including phenoxy) is 1. The average Bonchev–Trinajstić information content (AvgIpc) is 3.41. The Hall–Kier alpha value is -5.16. The van der Waals surface area contributed by atoms with Crippen molar-refractivity contribution < 1.29 is 23.9 Å². The number of carbonyl (C=O) groups is 4. The van der Waals surface area contributed by atoms with E-state index >= 15 is 0 Å². The van der Waals surface area contributed by atoms with E-state index in [0.717, 1.165) is 49.9 Å². The van der Waals surface area contributed by atoms with Gasteiger partial charge in [-0.1, -0.05) is 0 Å². The first-order chi connectivity index (χ1) is 21.8. The summed E-state index contributed by atoms with van der Waals surface area (Å²) in [5.41, 5.74) is 10.6. The van der Waals surface area contributed by atoms with Crippen LogP contribution in [0.4, 0.5) is 10.5 Å². The summed E-state index contributed by atoms with van der Waals surface area (Å²) in [6, 6.07) is 14.1. The van der Waals surface area contributed by atoms with Gasteiger partial charge in [-0.05, 0) is 105 Å². The van der Waals surface area contributed by atoms with E-state index in [0.29, 0.717) is 35.3 Å². The molecule has 8 rings (SSSR count). The third-order valence-electron chi connectivity index (χ3n) is 9.42. The number of rotatable bonds is 4. The Morgan fingerprint density at radius 3 is 2.65 bits per heavy atom. The van der Waals surface area contributed by atoms with Gasteiger partial charge in [-0.15, -0.1) is 11.3 Å². The van der Waals surface area contributed by atoms with Crippen LogP contribution in [0.1, 0.15) is 69.0 Å². The molecular formula is C35H31N5O5S. The van der Waals surface area contributed by atoms with E-state index in [-0.39, 0.29) is 23.0 Å². The first-order valence-electron chi connectivity index (χ1n) is 15.1. The molecule has 4 heterocycles. The summed E-state index contributed by atoms with van der Waals surface area (Å²) in [5, 5.41) is 6.55. The van der Waals surface area contributed by atoms with Crippen LogP contribution in [0.3, 0.4) is 0 Å². The highest BCUT2D eigenvalue weighted by atomic mass is 32.1. The van der Waals surface area contributed by atoms with Crippen molar-refractivity contribution in [1.29, 1.82) is 0 Å². The second-order valence-corrected chi connectivity index (χ2v) is 14.3. The zero-order chi connectivity index (χ0) is 32.3. The molecule has 1 aliphatic heterocycles. The Balaban J connectivity index is 1.07. The molecule has 232 valence electrons. The lowest BCUT2D eigenvalue weighted by Crippen LogP contribution is -2.33. The molecule has 1 spiro atoms. The number of hydrogen-bond donors (Lipinski definition) is 3. The van der Waals surface area contributed by atoms with Gasteiger partial charge >= 0.3 is 6.09 Å². The fourth-order valence-corrected chi connectivity index (χ4v) is 8.60. The molecule has 1 saturated heterocycles. The van der Waals surface area contributed by atoms with Crippen molar-refractivity contribution in [2.45, 2.75) is 45.1 Å². The summed E-state index contributed by atoms with van der Waals surface area (Å²) in [7, 11) is 0. The molecule has 11 heteroatoms. The Labute approximate surface area is 267 Å². The van der Waals surface area contributed by atoms with Gasteiger partial charge < -0.3 is 30.2 Å². The first-order valence-corrected chi connectivity index (χ1v) is 16.0. The Morgan fingerprint density at radius 2 is 1.89 bits per heavy atom. The number of nitrogens with zero attached hydrogens (tertiary/aromatic N) is 2. The molecule has 46 heavy (non-hydrogen) atoms. The van der Waals surface area contributed by atoms with Crippen LogP contribution in [0.25, 0.3) is 21.8 Å². The molecular weight excluding hydrogens is 602 g/mol. The number of aryl methyl sites for hydroxylation is 1. The molecule has 2 aliphatic carbocycles. The number of primary amides is 1. The Morgan fingerprint density at radius 1 is 1.09 bits per heavy atom. The van der Waals surface area contributed by atoms with Gasteiger partial charge in [-0.25, -0.2) is 4.79 Å². The summed E-state index contributed by atoms with van der Waals surface area (Å²) in [6.07, 6.45) is 1.72. The van der Waals surface area contributed by atoms with Gasteiger partial charge in [0.05, 0.1) is 4.88 Å². The summed E-state index contributed by atoms with van der Waals surface area (Å²) < 4.78 is 6.98. The number of allylic oxidation sites excluding steroid dienone is 2. The minimum atomic E-state index is -0.910. The number of aromatic nitrogens is 2. The minimum absolute atomic E-state index is 0.0268. The molecule has 5 aromatic rings. The third kappa shape index (κ3) is 4.07. The number of thiophene rings is 1. The van der Waals surface area contributed by atoms with Gasteiger partial charge in [0.2, 0.25) is 0 Å². The molecule has 2 aromatic carbocycles. The topological polar surface area (TPSA) is 140 Å². The lowest BCUT2D eigenvalue weighted by atomic mass is 9.84. The molecule has 3 amide bonds. The van der Waals surface area contributed by atoms with Crippen molar-refractivity contribution in [1.82, 2.24) is 14.5 Å². The van der Waals surface area contributed by atoms with Gasteiger partial charge in [-0.2, -0.15) is 0 Å². The fraction of sp³-hybridized carbons (Fsp3) is 0.257. The highest BCUT2D eigenvalue weighted by Crippen LogP contribution is 2.68. The molecule has 4 N–H and O–H groups in total. The van der Waals surface area contributed by atoms with E-state index in [1.807, 2.05) is 49.8 Å². The number of aromatic amines is 1. The van der Waals surface area contributed by atoms with Gasteiger partial charge in [0.1, 0.15) is 17.1 Å². The standard InChI is InChI=1S/C35H31N5O5S/c1-17-16-46-30-27(41)13-28-35(29(17)30)14-20(35)15-39(28)32(43)24-11-18-9-21(5-7-23(18)38-24)37-31(42)26-12-19-10-22(45-33(36)44)6-8-25(19)40(26)34(2,3)4/h5-13,16,20,38H,14-15H2,1-4H3,(H2,36,44)(H,37,42)/t20-,35+/m0/s1. The largest absolute Gasteiger partial charge is 0.410 e. The molecule has 0 unspecified atom stereocenters. The normalized spacial score (nSPS) is 19.9. The number of likely N-dealkylation sites (tertiary alicyclic amines) is 1. The average molecular weight is 634 g/mol. The predicted molar refractivity (Wildman–Crippen MR) is 176 cm³/mol. The number of piperidine rings is 1. The predicted octanol–water partition coefficient (Wildman–Crippen LogP) is 6.45. The van der Waals surface area contributed by atoms with Crippen LogP contribution >= 0.6 is 11.3 Å². The summed E-state index contributed by atoms with van der Waals surface area (Å²) in [6.45, 7) is 8.65. The number of hydrogen-bond acceptors (Lipinski definition) is 6. The van der Waals surface area contributed by atoms with Crippen LogP contribution in [0.2, 0.25) is 0 Å². The van der Waals surface area contributed by atoms with E-state index in [1.54, 1.807) is 47.4 Å². The molecule has 10 nitrogen and oxygen atoms in total. The van der Waals surface area contributed by atoms with Gasteiger partial charge in [0.15, 0.2) is 5.78 Å². The monoisotopic (exact) mass is 633 g/mol.